The Balaban J connectivity index is 0.000000364. The summed E-state index contributed by atoms with van der Waals surface area (Å²) in [5.74, 6) is -1.26. The molecule has 0 atom stereocenters. The molecule has 0 spiro atoms. The lowest BCUT2D eigenvalue weighted by atomic mass is 9.78. The molecule has 186 valence electrons. The van der Waals surface area contributed by atoms with Gasteiger partial charge >= 0.3 is 12.1 Å². The molecule has 0 radical (unpaired) electrons. The summed E-state index contributed by atoms with van der Waals surface area (Å²) in [7, 11) is 0. The van der Waals surface area contributed by atoms with Gasteiger partial charge in [-0.3, -0.25) is 4.79 Å². The van der Waals surface area contributed by atoms with Crippen LogP contribution in [0.2, 0.25) is 0 Å². The van der Waals surface area contributed by atoms with Gasteiger partial charge in [0.25, 0.3) is 0 Å². The number of nitrogens with zero attached hydrogens (tertiary/aromatic N) is 1. The maximum atomic E-state index is 13.3. The number of fused-ring (bicyclic) bond motifs is 1. The van der Waals surface area contributed by atoms with Gasteiger partial charge in [-0.15, -0.1) is 11.3 Å². The van der Waals surface area contributed by atoms with Crippen LogP contribution in [0.5, 0.6) is 0 Å². The van der Waals surface area contributed by atoms with Crippen molar-refractivity contribution in [2.75, 3.05) is 0 Å². The first-order chi connectivity index (χ1) is 16.7. The first kappa shape index (κ1) is 25.3. The van der Waals surface area contributed by atoms with Gasteiger partial charge in [-0.1, -0.05) is 24.3 Å². The van der Waals surface area contributed by atoms with E-state index in [2.05, 4.69) is 41.4 Å². The number of thiophene rings is 1. The number of carbonyl (C=O) groups excluding carboxylic acids is 1. The zero-order valence-electron chi connectivity index (χ0n) is 19.1. The van der Waals surface area contributed by atoms with Gasteiger partial charge in [-0.2, -0.15) is 13.2 Å². The predicted octanol–water partition coefficient (Wildman–Crippen LogP) is 6.42. The number of aliphatic carboxylic acids is 1. The van der Waals surface area contributed by atoms with E-state index in [4.69, 9.17) is 15.6 Å². The standard InChI is InChI=1S/C24H26N2OS.C2HF3O2/c25-14-19-11-12-20(15-5-6-15)23(26-19)24(27)17-9-7-16(8-10-17)22-13-18-3-1-2-4-21(18)28-22;3-2(4,5)1(6)7/h1-4,11-13,15-17H,5-10,14,25H2;(H,6,7). The molecule has 3 aromatic rings. The molecule has 2 aliphatic carbocycles. The fourth-order valence-electron chi connectivity index (χ4n) is 4.58. The van der Waals surface area contributed by atoms with E-state index in [0.29, 0.717) is 18.4 Å². The number of carbonyl (C=O) groups is 2. The Morgan fingerprint density at radius 2 is 1.63 bits per heavy atom. The molecule has 5 rings (SSSR count). The first-order valence-electron chi connectivity index (χ1n) is 11.7. The number of ketones is 1. The summed E-state index contributed by atoms with van der Waals surface area (Å²) in [4.78, 5) is 28.3. The van der Waals surface area contributed by atoms with Crippen LogP contribution in [0.4, 0.5) is 13.2 Å². The molecule has 0 saturated heterocycles. The average Bonchev–Trinajstić information content (AvgIpc) is 3.60. The van der Waals surface area contributed by atoms with Gasteiger partial charge in [-0.05, 0) is 79.5 Å². The third-order valence-electron chi connectivity index (χ3n) is 6.63. The number of halogens is 3. The molecule has 2 aromatic heterocycles. The molecule has 9 heteroatoms. The Labute approximate surface area is 205 Å². The zero-order valence-corrected chi connectivity index (χ0v) is 19.9. The minimum absolute atomic E-state index is 0.114. The highest BCUT2D eigenvalue weighted by Gasteiger charge is 2.38. The number of hydrogen-bond acceptors (Lipinski definition) is 5. The minimum atomic E-state index is -5.08. The van der Waals surface area contributed by atoms with Crippen molar-refractivity contribution in [1.82, 2.24) is 4.98 Å². The fraction of sp³-hybridized carbons (Fsp3) is 0.423. The molecule has 2 aliphatic rings. The molecule has 5 nitrogen and oxygen atoms in total. The number of carboxylic acid groups (broad SMARTS) is 1. The predicted molar refractivity (Wildman–Crippen MR) is 129 cm³/mol. The Bertz CT molecular complexity index is 1180. The van der Waals surface area contributed by atoms with Crippen LogP contribution in [-0.4, -0.2) is 28.0 Å². The van der Waals surface area contributed by atoms with Gasteiger partial charge in [0.15, 0.2) is 5.78 Å². The van der Waals surface area contributed by atoms with Crippen LogP contribution in [0.1, 0.15) is 77.0 Å². The van der Waals surface area contributed by atoms with E-state index in [9.17, 15) is 18.0 Å². The van der Waals surface area contributed by atoms with Gasteiger partial charge < -0.3 is 10.8 Å². The SMILES string of the molecule is NCc1ccc(C2CC2)c(C(=O)C2CCC(c3cc4ccccc4s3)CC2)n1.O=C(O)C(F)(F)F. The summed E-state index contributed by atoms with van der Waals surface area (Å²) in [6, 6.07) is 15.1. The van der Waals surface area contributed by atoms with Crippen molar-refractivity contribution in [1.29, 1.82) is 0 Å². The van der Waals surface area contributed by atoms with E-state index in [1.54, 1.807) is 0 Å². The van der Waals surface area contributed by atoms with Crippen molar-refractivity contribution >= 4 is 33.2 Å². The number of benzene rings is 1. The van der Waals surface area contributed by atoms with Gasteiger partial charge in [-0.25, -0.2) is 9.78 Å². The Kier molecular flexibility index (Phi) is 7.56. The summed E-state index contributed by atoms with van der Waals surface area (Å²) in [5.41, 5.74) is 8.49. The van der Waals surface area contributed by atoms with E-state index < -0.39 is 12.1 Å². The number of rotatable bonds is 5. The molecule has 0 unspecified atom stereocenters. The van der Waals surface area contributed by atoms with Crippen LogP contribution in [0.3, 0.4) is 0 Å². The summed E-state index contributed by atoms with van der Waals surface area (Å²) >= 11 is 1.92. The highest BCUT2D eigenvalue weighted by atomic mass is 32.1. The van der Waals surface area contributed by atoms with E-state index in [0.717, 1.165) is 42.6 Å². The largest absolute Gasteiger partial charge is 0.490 e. The van der Waals surface area contributed by atoms with Gasteiger partial charge in [0.1, 0.15) is 5.69 Å². The minimum Gasteiger partial charge on any atom is -0.475 e. The molecule has 0 amide bonds. The van der Waals surface area contributed by atoms with E-state index >= 15 is 0 Å². The number of aromatic nitrogens is 1. The van der Waals surface area contributed by atoms with E-state index in [-0.39, 0.29) is 11.7 Å². The van der Waals surface area contributed by atoms with Crippen molar-refractivity contribution in [2.24, 2.45) is 11.7 Å². The maximum absolute atomic E-state index is 13.3. The molecule has 35 heavy (non-hydrogen) atoms. The lowest BCUT2D eigenvalue weighted by molar-refractivity contribution is -0.192. The first-order valence-corrected chi connectivity index (χ1v) is 12.5. The summed E-state index contributed by atoms with van der Waals surface area (Å²) in [6.45, 7) is 0.393. The number of carboxylic acids is 1. The summed E-state index contributed by atoms with van der Waals surface area (Å²) in [6.07, 6.45) is 1.41. The van der Waals surface area contributed by atoms with Crippen molar-refractivity contribution in [3.05, 3.63) is 64.3 Å². The second-order valence-electron chi connectivity index (χ2n) is 9.12. The second kappa shape index (κ2) is 10.5. The molecule has 2 saturated carbocycles. The van der Waals surface area contributed by atoms with Crippen LogP contribution in [-0.2, 0) is 11.3 Å². The van der Waals surface area contributed by atoms with Gasteiger partial charge in [0.05, 0.1) is 5.69 Å². The van der Waals surface area contributed by atoms with Crippen LogP contribution in [0.15, 0.2) is 42.5 Å². The molecule has 2 fully saturated rings. The molecule has 0 bridgehead atoms. The number of nitrogens with two attached hydrogens (primary N) is 1. The monoisotopic (exact) mass is 504 g/mol. The third kappa shape index (κ3) is 6.08. The summed E-state index contributed by atoms with van der Waals surface area (Å²) < 4.78 is 33.1. The van der Waals surface area contributed by atoms with Crippen LogP contribution >= 0.6 is 11.3 Å². The molecule has 3 N–H and O–H groups in total. The molecular formula is C26H27F3N2O3S. The van der Waals surface area contributed by atoms with E-state index in [1.807, 2.05) is 17.4 Å². The van der Waals surface area contributed by atoms with Crippen molar-refractivity contribution in [2.45, 2.75) is 63.1 Å². The number of alkyl halides is 3. The topological polar surface area (TPSA) is 93.3 Å². The van der Waals surface area contributed by atoms with E-state index in [1.165, 1.54) is 27.8 Å². The van der Waals surface area contributed by atoms with Crippen molar-refractivity contribution < 1.29 is 27.9 Å². The highest BCUT2D eigenvalue weighted by molar-refractivity contribution is 7.19. The summed E-state index contributed by atoms with van der Waals surface area (Å²) in [5, 5.41) is 8.47. The lowest BCUT2D eigenvalue weighted by Gasteiger charge is -2.27. The van der Waals surface area contributed by atoms with Crippen molar-refractivity contribution in [3.63, 3.8) is 0 Å². The number of Topliss-reactive ketones (excluding diaryl/α,β-unsaturated/α-hetero) is 1. The Morgan fingerprint density at radius 3 is 2.20 bits per heavy atom. The third-order valence-corrected chi connectivity index (χ3v) is 7.91. The lowest BCUT2D eigenvalue weighted by Crippen LogP contribution is -2.23. The fourth-order valence-corrected chi connectivity index (χ4v) is 5.82. The Hall–Kier alpha value is -2.78. The Morgan fingerprint density at radius 1 is 1.00 bits per heavy atom. The van der Waals surface area contributed by atoms with Gasteiger partial charge in [0.2, 0.25) is 0 Å². The average molecular weight is 505 g/mol. The van der Waals surface area contributed by atoms with Gasteiger partial charge in [0, 0.05) is 22.0 Å². The highest BCUT2D eigenvalue weighted by Crippen LogP contribution is 2.44. The van der Waals surface area contributed by atoms with Crippen LogP contribution in [0.25, 0.3) is 10.1 Å². The molecule has 2 heterocycles. The molecule has 0 aliphatic heterocycles. The van der Waals surface area contributed by atoms with Crippen LogP contribution < -0.4 is 5.73 Å². The second-order valence-corrected chi connectivity index (χ2v) is 10.2. The maximum Gasteiger partial charge on any atom is 0.490 e. The quantitative estimate of drug-likeness (QED) is 0.391. The van der Waals surface area contributed by atoms with Crippen molar-refractivity contribution in [3.8, 4) is 0 Å². The zero-order chi connectivity index (χ0) is 25.2. The smallest absolute Gasteiger partial charge is 0.475 e. The molecular weight excluding hydrogens is 477 g/mol. The number of pyridine rings is 1. The molecule has 1 aromatic carbocycles. The normalized spacial score (nSPS) is 20.2. The van der Waals surface area contributed by atoms with Crippen LogP contribution in [0, 0.1) is 5.92 Å². The number of hydrogen-bond donors (Lipinski definition) is 2.